The van der Waals surface area contributed by atoms with E-state index in [4.69, 9.17) is 5.10 Å². The Morgan fingerprint density at radius 2 is 2.13 bits per heavy atom. The van der Waals surface area contributed by atoms with Crippen molar-refractivity contribution in [2.45, 2.75) is 33.4 Å². The molecule has 0 fully saturated rings. The van der Waals surface area contributed by atoms with E-state index in [2.05, 4.69) is 36.7 Å². The van der Waals surface area contributed by atoms with Gasteiger partial charge in [0.15, 0.2) is 5.82 Å². The van der Waals surface area contributed by atoms with Gasteiger partial charge in [-0.2, -0.15) is 5.10 Å². The first-order chi connectivity index (χ1) is 11.2. The second kappa shape index (κ2) is 5.62. The lowest BCUT2D eigenvalue weighted by atomic mass is 10.2. The largest absolute Gasteiger partial charge is 0.311 e. The average molecular weight is 308 g/mol. The summed E-state index contributed by atoms with van der Waals surface area (Å²) in [6, 6.07) is 6.25. The van der Waals surface area contributed by atoms with Crippen molar-refractivity contribution in [3.05, 3.63) is 47.7 Å². The normalized spacial score (nSPS) is 14.5. The molecule has 0 aliphatic carbocycles. The molecule has 23 heavy (non-hydrogen) atoms. The molecule has 0 saturated carbocycles. The van der Waals surface area contributed by atoms with Crippen LogP contribution in [0.5, 0.6) is 0 Å². The van der Waals surface area contributed by atoms with Crippen molar-refractivity contribution in [1.82, 2.24) is 29.6 Å². The molecule has 0 radical (unpaired) electrons. The Hall–Kier alpha value is -2.47. The van der Waals surface area contributed by atoms with Crippen LogP contribution in [0.15, 0.2) is 30.6 Å². The summed E-state index contributed by atoms with van der Waals surface area (Å²) in [7, 11) is 0. The molecule has 3 aromatic rings. The second-order valence-electron chi connectivity index (χ2n) is 5.95. The van der Waals surface area contributed by atoms with E-state index < -0.39 is 0 Å². The SMILES string of the molecule is Cc1ccc(-n2ccnc2-c2cc3n(n2)CCCNC3)c(C)n1. The van der Waals surface area contributed by atoms with E-state index in [1.807, 2.05) is 32.3 Å². The van der Waals surface area contributed by atoms with Gasteiger partial charge in [0, 0.05) is 31.2 Å². The van der Waals surface area contributed by atoms with Crippen LogP contribution in [-0.4, -0.2) is 30.9 Å². The maximum absolute atomic E-state index is 4.76. The number of rotatable bonds is 2. The summed E-state index contributed by atoms with van der Waals surface area (Å²) in [6.45, 7) is 6.89. The summed E-state index contributed by atoms with van der Waals surface area (Å²) >= 11 is 0. The lowest BCUT2D eigenvalue weighted by Gasteiger charge is -2.09. The number of nitrogens with zero attached hydrogens (tertiary/aromatic N) is 5. The summed E-state index contributed by atoms with van der Waals surface area (Å²) in [5.41, 5.74) is 5.18. The van der Waals surface area contributed by atoms with Gasteiger partial charge in [-0.05, 0) is 45.0 Å². The quantitative estimate of drug-likeness (QED) is 0.789. The molecule has 1 aliphatic rings. The highest BCUT2D eigenvalue weighted by Crippen LogP contribution is 2.23. The molecular weight excluding hydrogens is 288 g/mol. The van der Waals surface area contributed by atoms with Gasteiger partial charge in [-0.1, -0.05) is 0 Å². The Morgan fingerprint density at radius 3 is 3.00 bits per heavy atom. The van der Waals surface area contributed by atoms with Crippen LogP contribution in [0.1, 0.15) is 23.5 Å². The summed E-state index contributed by atoms with van der Waals surface area (Å²) in [5, 5.41) is 8.19. The zero-order valence-corrected chi connectivity index (χ0v) is 13.5. The number of hydrogen-bond acceptors (Lipinski definition) is 4. The first-order valence-electron chi connectivity index (χ1n) is 7.98. The number of fused-ring (bicyclic) bond motifs is 1. The van der Waals surface area contributed by atoms with Crippen molar-refractivity contribution in [2.75, 3.05) is 6.54 Å². The minimum absolute atomic E-state index is 0.860. The van der Waals surface area contributed by atoms with Crippen molar-refractivity contribution < 1.29 is 0 Å². The van der Waals surface area contributed by atoms with Gasteiger partial charge >= 0.3 is 0 Å². The van der Waals surface area contributed by atoms with Crippen LogP contribution in [0.4, 0.5) is 0 Å². The number of imidazole rings is 1. The maximum Gasteiger partial charge on any atom is 0.165 e. The van der Waals surface area contributed by atoms with Crippen molar-refractivity contribution >= 4 is 0 Å². The van der Waals surface area contributed by atoms with Crippen molar-refractivity contribution in [1.29, 1.82) is 0 Å². The van der Waals surface area contributed by atoms with Gasteiger partial charge in [0.05, 0.1) is 17.1 Å². The van der Waals surface area contributed by atoms with E-state index >= 15 is 0 Å². The van der Waals surface area contributed by atoms with E-state index in [-0.39, 0.29) is 0 Å². The van der Waals surface area contributed by atoms with Gasteiger partial charge < -0.3 is 5.32 Å². The fraction of sp³-hybridized carbons (Fsp3) is 0.353. The molecule has 3 aromatic heterocycles. The van der Waals surface area contributed by atoms with Gasteiger partial charge in [-0.25, -0.2) is 4.98 Å². The molecule has 0 saturated heterocycles. The zero-order chi connectivity index (χ0) is 15.8. The van der Waals surface area contributed by atoms with E-state index in [9.17, 15) is 0 Å². The third kappa shape index (κ3) is 2.55. The number of nitrogens with one attached hydrogen (secondary N) is 1. The van der Waals surface area contributed by atoms with Crippen LogP contribution in [-0.2, 0) is 13.1 Å². The van der Waals surface area contributed by atoms with Gasteiger partial charge in [0.25, 0.3) is 0 Å². The molecule has 118 valence electrons. The van der Waals surface area contributed by atoms with Crippen LogP contribution in [0, 0.1) is 13.8 Å². The van der Waals surface area contributed by atoms with E-state index in [1.54, 1.807) is 0 Å². The Balaban J connectivity index is 1.78. The molecule has 4 heterocycles. The Labute approximate surface area is 135 Å². The molecule has 0 amide bonds. The lowest BCUT2D eigenvalue weighted by molar-refractivity contribution is 0.588. The monoisotopic (exact) mass is 308 g/mol. The van der Waals surface area contributed by atoms with E-state index in [1.165, 1.54) is 5.69 Å². The minimum atomic E-state index is 0.860. The fourth-order valence-corrected chi connectivity index (χ4v) is 3.09. The first-order valence-corrected chi connectivity index (χ1v) is 7.98. The fourth-order valence-electron chi connectivity index (χ4n) is 3.09. The first kappa shape index (κ1) is 14.1. The Kier molecular flexibility index (Phi) is 3.46. The molecule has 0 bridgehead atoms. The molecule has 0 unspecified atom stereocenters. The third-order valence-corrected chi connectivity index (χ3v) is 4.22. The average Bonchev–Trinajstić information content (AvgIpc) is 3.09. The summed E-state index contributed by atoms with van der Waals surface area (Å²) in [6.07, 6.45) is 4.89. The van der Waals surface area contributed by atoms with Crippen molar-refractivity contribution in [2.24, 2.45) is 0 Å². The molecule has 1 aliphatic heterocycles. The third-order valence-electron chi connectivity index (χ3n) is 4.22. The molecule has 0 atom stereocenters. The van der Waals surface area contributed by atoms with Gasteiger partial charge in [0.2, 0.25) is 0 Å². The number of aryl methyl sites for hydroxylation is 3. The molecule has 0 aromatic carbocycles. The van der Waals surface area contributed by atoms with Crippen LogP contribution in [0.2, 0.25) is 0 Å². The highest BCUT2D eigenvalue weighted by atomic mass is 15.3. The second-order valence-corrected chi connectivity index (χ2v) is 5.95. The van der Waals surface area contributed by atoms with Crippen molar-refractivity contribution in [3.63, 3.8) is 0 Å². The number of hydrogen-bond donors (Lipinski definition) is 1. The highest BCUT2D eigenvalue weighted by molar-refractivity contribution is 5.55. The van der Waals surface area contributed by atoms with Crippen LogP contribution < -0.4 is 5.32 Å². The topological polar surface area (TPSA) is 60.6 Å². The predicted molar refractivity (Wildman–Crippen MR) is 88.4 cm³/mol. The number of aromatic nitrogens is 5. The Bertz CT molecular complexity index is 821. The minimum Gasteiger partial charge on any atom is -0.311 e. The maximum atomic E-state index is 4.76. The summed E-state index contributed by atoms with van der Waals surface area (Å²) in [5.74, 6) is 0.860. The predicted octanol–water partition coefficient (Wildman–Crippen LogP) is 2.24. The highest BCUT2D eigenvalue weighted by Gasteiger charge is 2.17. The summed E-state index contributed by atoms with van der Waals surface area (Å²) in [4.78, 5) is 9.09. The summed E-state index contributed by atoms with van der Waals surface area (Å²) < 4.78 is 4.16. The van der Waals surface area contributed by atoms with Gasteiger partial charge in [-0.15, -0.1) is 0 Å². The van der Waals surface area contributed by atoms with E-state index in [0.717, 1.165) is 54.6 Å². The molecular formula is C17H20N6. The smallest absolute Gasteiger partial charge is 0.165 e. The van der Waals surface area contributed by atoms with Crippen LogP contribution in [0.25, 0.3) is 17.2 Å². The molecule has 6 heteroatoms. The van der Waals surface area contributed by atoms with Crippen LogP contribution in [0.3, 0.4) is 0 Å². The molecule has 1 N–H and O–H groups in total. The van der Waals surface area contributed by atoms with Crippen molar-refractivity contribution in [3.8, 4) is 17.2 Å². The Morgan fingerprint density at radius 1 is 1.22 bits per heavy atom. The molecule has 0 spiro atoms. The van der Waals surface area contributed by atoms with Gasteiger partial charge in [-0.3, -0.25) is 14.2 Å². The van der Waals surface area contributed by atoms with E-state index in [0.29, 0.717) is 0 Å². The van der Waals surface area contributed by atoms with Gasteiger partial charge in [0.1, 0.15) is 5.69 Å². The van der Waals surface area contributed by atoms with Crippen LogP contribution >= 0.6 is 0 Å². The molecule has 6 nitrogen and oxygen atoms in total. The zero-order valence-electron chi connectivity index (χ0n) is 13.5. The number of pyridine rings is 1. The lowest BCUT2D eigenvalue weighted by Crippen LogP contribution is -2.11. The molecule has 4 rings (SSSR count). The standard InChI is InChI=1S/C17H20N6/c1-12-4-5-16(13(2)20-12)22-9-7-19-17(22)15-10-14-11-18-6-3-8-23(14)21-15/h4-5,7,9-10,18H,3,6,8,11H2,1-2H3.